The lowest BCUT2D eigenvalue weighted by molar-refractivity contribution is 0.0823. The highest BCUT2D eigenvalue weighted by atomic mass is 16.2. The molecule has 1 aromatic heterocycles. The lowest BCUT2D eigenvalue weighted by Crippen LogP contribution is -2.21. The van der Waals surface area contributed by atoms with Gasteiger partial charge in [-0.2, -0.15) is 0 Å². The highest BCUT2D eigenvalue weighted by Gasteiger charge is 2.15. The van der Waals surface area contributed by atoms with E-state index in [2.05, 4.69) is 54.5 Å². The highest BCUT2D eigenvalue weighted by Crippen LogP contribution is 2.34. The molecule has 4 nitrogen and oxygen atoms in total. The molecule has 26 heavy (non-hydrogen) atoms. The number of carbonyl (C=O) groups is 1. The van der Waals surface area contributed by atoms with Crippen LogP contribution in [0.25, 0.3) is 22.0 Å². The predicted octanol–water partition coefficient (Wildman–Crippen LogP) is 5.22. The average molecular weight is 351 g/mol. The van der Waals surface area contributed by atoms with Crippen LogP contribution in [0.1, 0.15) is 35.5 Å². The molecule has 0 aliphatic rings. The van der Waals surface area contributed by atoms with E-state index in [4.69, 9.17) is 0 Å². The zero-order valence-electron chi connectivity index (χ0n) is 16.8. The second-order valence-electron chi connectivity index (χ2n) is 6.44. The molecule has 0 aliphatic carbocycles. The summed E-state index contributed by atoms with van der Waals surface area (Å²) in [5, 5.41) is 4.25. The van der Waals surface area contributed by atoms with Crippen LogP contribution in [-0.4, -0.2) is 36.9 Å². The molecule has 0 unspecified atom stereocenters. The first-order valence-electron chi connectivity index (χ1n) is 9.04. The van der Waals surface area contributed by atoms with Gasteiger partial charge in [-0.3, -0.25) is 4.79 Å². The van der Waals surface area contributed by atoms with Crippen LogP contribution < -0.4 is 5.32 Å². The summed E-state index contributed by atoms with van der Waals surface area (Å²) in [5.41, 5.74) is 7.41. The van der Waals surface area contributed by atoms with Crippen LogP contribution in [0.5, 0.6) is 0 Å². The third kappa shape index (κ3) is 3.74. The Bertz CT molecular complexity index is 923. The first kappa shape index (κ1) is 19.6. The van der Waals surface area contributed by atoms with Gasteiger partial charge in [0.2, 0.25) is 0 Å². The Morgan fingerprint density at radius 3 is 2.27 bits per heavy atom. The molecule has 0 radical (unpaired) electrons. The highest BCUT2D eigenvalue weighted by molar-refractivity contribution is 6.03. The van der Waals surface area contributed by atoms with Gasteiger partial charge >= 0.3 is 0 Å². The van der Waals surface area contributed by atoms with E-state index in [1.54, 1.807) is 19.0 Å². The van der Waals surface area contributed by atoms with Gasteiger partial charge in [-0.15, -0.1) is 0 Å². The number of nitrogens with one attached hydrogen (secondary N) is 2. The topological polar surface area (TPSA) is 48.1 Å². The number of amides is 1. The fourth-order valence-corrected chi connectivity index (χ4v) is 3.08. The Morgan fingerprint density at radius 2 is 1.69 bits per heavy atom. The molecule has 0 spiro atoms. The zero-order valence-corrected chi connectivity index (χ0v) is 16.8. The van der Waals surface area contributed by atoms with Crippen LogP contribution in [0.3, 0.4) is 0 Å². The standard InChI is InChI=1S/C20H23N3O.C2H6/c1-12-8-16(15-7-6-14(21-3)10-13(15)2)17-11-19(20(24)23(4)5)22-18(17)9-12;1-2/h6-11,21-22H,1-5H3;1-2H3. The maximum Gasteiger partial charge on any atom is 0.269 e. The molecular formula is C22H29N3O. The minimum absolute atomic E-state index is 0.0166. The van der Waals surface area contributed by atoms with Crippen molar-refractivity contribution in [2.24, 2.45) is 0 Å². The molecule has 138 valence electrons. The molecule has 0 saturated heterocycles. The van der Waals surface area contributed by atoms with Gasteiger partial charge in [0.1, 0.15) is 5.69 Å². The second kappa shape index (κ2) is 8.09. The summed E-state index contributed by atoms with van der Waals surface area (Å²) < 4.78 is 0. The minimum Gasteiger partial charge on any atom is -0.388 e. The number of benzene rings is 2. The molecule has 1 heterocycles. The van der Waals surface area contributed by atoms with Crippen LogP contribution >= 0.6 is 0 Å². The summed E-state index contributed by atoms with van der Waals surface area (Å²) in [6.45, 7) is 8.19. The summed E-state index contributed by atoms with van der Waals surface area (Å²) in [4.78, 5) is 17.1. The molecule has 0 saturated carbocycles. The fraction of sp³-hybridized carbons (Fsp3) is 0.318. The monoisotopic (exact) mass is 351 g/mol. The van der Waals surface area contributed by atoms with Crippen LogP contribution in [-0.2, 0) is 0 Å². The molecule has 0 bridgehead atoms. The van der Waals surface area contributed by atoms with Crippen molar-refractivity contribution < 1.29 is 4.79 Å². The number of hydrogen-bond acceptors (Lipinski definition) is 2. The van der Waals surface area contributed by atoms with E-state index < -0.39 is 0 Å². The average Bonchev–Trinajstić information content (AvgIpc) is 3.05. The van der Waals surface area contributed by atoms with Crippen molar-refractivity contribution >= 4 is 22.5 Å². The molecule has 0 aliphatic heterocycles. The fourth-order valence-electron chi connectivity index (χ4n) is 3.08. The van der Waals surface area contributed by atoms with E-state index in [0.29, 0.717) is 5.69 Å². The maximum absolute atomic E-state index is 12.3. The van der Waals surface area contributed by atoms with Gasteiger partial charge in [-0.1, -0.05) is 26.0 Å². The van der Waals surface area contributed by atoms with Crippen molar-refractivity contribution in [3.63, 3.8) is 0 Å². The van der Waals surface area contributed by atoms with E-state index >= 15 is 0 Å². The Hall–Kier alpha value is -2.75. The van der Waals surface area contributed by atoms with Gasteiger partial charge in [0, 0.05) is 37.7 Å². The SMILES string of the molecule is CC.CNc1ccc(-c2cc(C)cc3[nH]c(C(=O)N(C)C)cc23)c(C)c1. The van der Waals surface area contributed by atoms with E-state index in [9.17, 15) is 4.79 Å². The predicted molar refractivity (Wildman–Crippen MR) is 112 cm³/mol. The Labute approximate surface area is 156 Å². The molecule has 1 amide bonds. The summed E-state index contributed by atoms with van der Waals surface area (Å²) in [6.07, 6.45) is 0. The van der Waals surface area contributed by atoms with E-state index in [1.165, 1.54) is 16.7 Å². The smallest absolute Gasteiger partial charge is 0.269 e. The minimum atomic E-state index is -0.0166. The van der Waals surface area contributed by atoms with Gasteiger partial charge in [-0.25, -0.2) is 0 Å². The van der Waals surface area contributed by atoms with Crippen molar-refractivity contribution in [3.05, 3.63) is 53.2 Å². The van der Waals surface area contributed by atoms with Crippen LogP contribution in [0.4, 0.5) is 5.69 Å². The number of anilines is 1. The third-order valence-corrected chi connectivity index (χ3v) is 4.32. The quantitative estimate of drug-likeness (QED) is 0.679. The van der Waals surface area contributed by atoms with Crippen molar-refractivity contribution in [3.8, 4) is 11.1 Å². The molecule has 0 atom stereocenters. The number of H-pyrrole nitrogens is 1. The van der Waals surface area contributed by atoms with Gasteiger partial charge in [-0.05, 0) is 60.4 Å². The van der Waals surface area contributed by atoms with Crippen LogP contribution in [0, 0.1) is 13.8 Å². The van der Waals surface area contributed by atoms with Gasteiger partial charge in [0.15, 0.2) is 0 Å². The lowest BCUT2D eigenvalue weighted by atomic mass is 9.95. The zero-order chi connectivity index (χ0) is 19.4. The second-order valence-corrected chi connectivity index (χ2v) is 6.44. The van der Waals surface area contributed by atoms with Gasteiger partial charge < -0.3 is 15.2 Å². The molecular weight excluding hydrogens is 322 g/mol. The molecule has 0 fully saturated rings. The first-order valence-corrected chi connectivity index (χ1v) is 9.04. The Morgan fingerprint density at radius 1 is 1.00 bits per heavy atom. The summed E-state index contributed by atoms with van der Waals surface area (Å²) >= 11 is 0. The van der Waals surface area contributed by atoms with Crippen LogP contribution in [0.15, 0.2) is 36.4 Å². The van der Waals surface area contributed by atoms with Crippen molar-refractivity contribution in [1.82, 2.24) is 9.88 Å². The van der Waals surface area contributed by atoms with Crippen molar-refractivity contribution in [2.45, 2.75) is 27.7 Å². The van der Waals surface area contributed by atoms with Crippen molar-refractivity contribution in [1.29, 1.82) is 0 Å². The van der Waals surface area contributed by atoms with E-state index in [-0.39, 0.29) is 5.91 Å². The molecule has 4 heteroatoms. The summed E-state index contributed by atoms with van der Waals surface area (Å²) in [6, 6.07) is 12.6. The third-order valence-electron chi connectivity index (χ3n) is 4.32. The number of hydrogen-bond donors (Lipinski definition) is 2. The van der Waals surface area contributed by atoms with Crippen LogP contribution in [0.2, 0.25) is 0 Å². The summed E-state index contributed by atoms with van der Waals surface area (Å²) in [5.74, 6) is -0.0166. The lowest BCUT2D eigenvalue weighted by Gasteiger charge is -2.11. The Balaban J connectivity index is 0.00000117. The number of carbonyl (C=O) groups excluding carboxylic acids is 1. The number of nitrogens with zero attached hydrogens (tertiary/aromatic N) is 1. The largest absolute Gasteiger partial charge is 0.388 e. The molecule has 3 aromatic rings. The number of fused-ring (bicyclic) bond motifs is 1. The summed E-state index contributed by atoms with van der Waals surface area (Å²) in [7, 11) is 5.45. The van der Waals surface area contributed by atoms with E-state index in [0.717, 1.165) is 22.2 Å². The number of aromatic nitrogens is 1. The number of aryl methyl sites for hydroxylation is 2. The number of rotatable bonds is 3. The molecule has 2 N–H and O–H groups in total. The normalized spacial score (nSPS) is 10.3. The number of aromatic amines is 1. The van der Waals surface area contributed by atoms with E-state index in [1.807, 2.05) is 27.0 Å². The van der Waals surface area contributed by atoms with Gasteiger partial charge in [0.05, 0.1) is 0 Å². The molecule has 3 rings (SSSR count). The Kier molecular flexibility index (Phi) is 6.09. The van der Waals surface area contributed by atoms with Gasteiger partial charge in [0.25, 0.3) is 5.91 Å². The molecule has 2 aromatic carbocycles. The first-order chi connectivity index (χ1) is 12.4. The van der Waals surface area contributed by atoms with Crippen molar-refractivity contribution in [2.75, 3.05) is 26.5 Å². The maximum atomic E-state index is 12.3.